The Hall–Kier alpha value is -0.845. The van der Waals surface area contributed by atoms with Crippen LogP contribution in [0.4, 0.5) is 0 Å². The first-order chi connectivity index (χ1) is 16.4. The summed E-state index contributed by atoms with van der Waals surface area (Å²) in [6, 6.07) is 6.11. The second kappa shape index (κ2) is 23.9. The summed E-state index contributed by atoms with van der Waals surface area (Å²) in [7, 11) is 1.12. The number of aliphatic carboxylic acids is 1. The first kappa shape index (κ1) is 35.3. The first-order valence-electron chi connectivity index (χ1n) is 13.6. The Labute approximate surface area is 220 Å². The van der Waals surface area contributed by atoms with Crippen LogP contribution in [0.25, 0.3) is 0 Å². The van der Waals surface area contributed by atoms with E-state index in [2.05, 4.69) is 74.1 Å². The van der Waals surface area contributed by atoms with Crippen LogP contribution in [0.2, 0.25) is 6.32 Å². The molecule has 2 rings (SSSR count). The third-order valence-corrected chi connectivity index (χ3v) is 6.42. The van der Waals surface area contributed by atoms with Gasteiger partial charge in [-0.3, -0.25) is 4.79 Å². The van der Waals surface area contributed by atoms with Crippen LogP contribution in [0, 0.1) is 5.92 Å². The van der Waals surface area contributed by atoms with Gasteiger partial charge in [0.25, 0.3) is 7.48 Å². The molecular weight excluding hydrogens is 489 g/mol. The smallest absolute Gasteiger partial charge is 0.320 e. The number of fused-ring (bicyclic) bond motifs is 1. The highest BCUT2D eigenvalue weighted by Gasteiger charge is 2.26. The highest BCUT2D eigenvalue weighted by atomic mass is 79.9. The molecular formula is C28H52BBrNO3. The molecule has 1 aromatic rings. The minimum atomic E-state index is -0.759. The fourth-order valence-corrected chi connectivity index (χ4v) is 4.75. The minimum Gasteiger partial charge on any atom is -0.480 e. The fraction of sp³-hybridized carbons (Fsp3) is 0.750. The second-order valence-corrected chi connectivity index (χ2v) is 9.59. The van der Waals surface area contributed by atoms with Crippen molar-refractivity contribution in [1.82, 2.24) is 5.32 Å². The average Bonchev–Trinajstić information content (AvgIpc) is 2.82. The van der Waals surface area contributed by atoms with E-state index in [1.807, 2.05) is 13.8 Å². The van der Waals surface area contributed by atoms with Crippen molar-refractivity contribution in [3.05, 3.63) is 33.8 Å². The van der Waals surface area contributed by atoms with E-state index in [1.165, 1.54) is 35.7 Å². The maximum absolute atomic E-state index is 11.2. The number of halogens is 1. The normalized spacial score (nSPS) is 14.8. The molecule has 0 amide bonds. The van der Waals surface area contributed by atoms with Crippen molar-refractivity contribution in [2.75, 3.05) is 6.54 Å². The zero-order valence-corrected chi connectivity index (χ0v) is 24.6. The molecule has 0 fully saturated rings. The van der Waals surface area contributed by atoms with E-state index in [4.69, 9.17) is 5.02 Å². The number of benzene rings is 1. The van der Waals surface area contributed by atoms with Crippen LogP contribution in [-0.2, 0) is 11.2 Å². The van der Waals surface area contributed by atoms with Gasteiger partial charge in [-0.25, -0.2) is 0 Å². The topological polar surface area (TPSA) is 69.6 Å². The number of nitrogens with one attached hydrogen (secondary N) is 1. The predicted octanol–water partition coefficient (Wildman–Crippen LogP) is 8.00. The van der Waals surface area contributed by atoms with E-state index in [9.17, 15) is 9.90 Å². The van der Waals surface area contributed by atoms with Crippen LogP contribution in [0.3, 0.4) is 0 Å². The molecule has 2 atom stereocenters. The molecule has 1 aliphatic carbocycles. The molecule has 0 saturated carbocycles. The first-order valence-corrected chi connectivity index (χ1v) is 14.4. The van der Waals surface area contributed by atoms with Gasteiger partial charge < -0.3 is 15.4 Å². The van der Waals surface area contributed by atoms with Crippen LogP contribution >= 0.6 is 15.9 Å². The monoisotopic (exact) mass is 540 g/mol. The summed E-state index contributed by atoms with van der Waals surface area (Å²) < 4.78 is 1.30. The zero-order valence-electron chi connectivity index (χ0n) is 23.0. The maximum Gasteiger partial charge on any atom is 0.320 e. The van der Waals surface area contributed by atoms with Crippen LogP contribution < -0.4 is 5.32 Å². The summed E-state index contributed by atoms with van der Waals surface area (Å²) in [4.78, 5) is 11.2. The predicted molar refractivity (Wildman–Crippen MR) is 153 cm³/mol. The number of rotatable bonds is 11. The van der Waals surface area contributed by atoms with Crippen LogP contribution in [0.15, 0.2) is 22.7 Å². The van der Waals surface area contributed by atoms with E-state index in [0.717, 1.165) is 45.5 Å². The Morgan fingerprint density at radius 3 is 2.24 bits per heavy atom. The molecule has 0 aromatic heterocycles. The maximum atomic E-state index is 11.2. The van der Waals surface area contributed by atoms with Crippen LogP contribution in [0.1, 0.15) is 117 Å². The fourth-order valence-electron chi connectivity index (χ4n) is 4.17. The lowest BCUT2D eigenvalue weighted by atomic mass is 9.84. The lowest BCUT2D eigenvalue weighted by molar-refractivity contribution is -0.141. The second-order valence-electron chi connectivity index (χ2n) is 8.74. The summed E-state index contributed by atoms with van der Waals surface area (Å²) >= 11 is 3.61. The van der Waals surface area contributed by atoms with Gasteiger partial charge in [-0.1, -0.05) is 102 Å². The van der Waals surface area contributed by atoms with E-state index in [1.54, 1.807) is 5.56 Å². The molecule has 1 aromatic carbocycles. The molecule has 4 nitrogen and oxygen atoms in total. The van der Waals surface area contributed by atoms with Gasteiger partial charge in [0.1, 0.15) is 6.04 Å². The molecule has 0 heterocycles. The van der Waals surface area contributed by atoms with Gasteiger partial charge in [-0.15, -0.1) is 0 Å². The van der Waals surface area contributed by atoms with Crippen molar-refractivity contribution in [3.63, 3.8) is 0 Å². The summed E-state index contributed by atoms with van der Waals surface area (Å²) in [5, 5.41) is 20.9. The molecule has 0 bridgehead atoms. The van der Waals surface area contributed by atoms with Crippen LogP contribution in [-0.4, -0.2) is 36.2 Å². The molecule has 0 saturated heterocycles. The third-order valence-electron chi connectivity index (χ3n) is 5.68. The van der Waals surface area contributed by atoms with Gasteiger partial charge in [-0.05, 0) is 74.1 Å². The number of carboxylic acids is 1. The molecule has 1 aliphatic rings. The van der Waals surface area contributed by atoms with Crippen molar-refractivity contribution in [3.8, 4) is 0 Å². The van der Waals surface area contributed by atoms with Crippen molar-refractivity contribution >= 4 is 29.4 Å². The summed E-state index contributed by atoms with van der Waals surface area (Å²) in [6.45, 7) is 15.4. The molecule has 0 spiro atoms. The molecule has 0 aliphatic heterocycles. The average molecular weight is 541 g/mol. The summed E-state index contributed by atoms with van der Waals surface area (Å²) in [5.41, 5.74) is 3.09. The van der Waals surface area contributed by atoms with Gasteiger partial charge in [-0.2, -0.15) is 0 Å². The van der Waals surface area contributed by atoms with E-state index < -0.39 is 12.0 Å². The largest absolute Gasteiger partial charge is 0.480 e. The lowest BCUT2D eigenvalue weighted by Gasteiger charge is -2.24. The molecule has 6 heteroatoms. The zero-order chi connectivity index (χ0) is 26.4. The molecule has 34 heavy (non-hydrogen) atoms. The quantitative estimate of drug-likeness (QED) is 0.196. The lowest BCUT2D eigenvalue weighted by Crippen LogP contribution is -2.43. The Kier molecular flexibility index (Phi) is 24.8. The van der Waals surface area contributed by atoms with Gasteiger partial charge in [0.2, 0.25) is 0 Å². The Morgan fingerprint density at radius 1 is 1.18 bits per heavy atom. The van der Waals surface area contributed by atoms with Crippen molar-refractivity contribution in [2.24, 2.45) is 5.92 Å². The molecule has 197 valence electrons. The van der Waals surface area contributed by atoms with Crippen molar-refractivity contribution in [1.29, 1.82) is 0 Å². The highest BCUT2D eigenvalue weighted by Crippen LogP contribution is 2.34. The SMILES string of the molecule is CC.CC1CCCc2c(Br)cccc21.CCC.CCCC(CCC)C(NCCC[B]O)C(=O)O. The van der Waals surface area contributed by atoms with Gasteiger partial charge >= 0.3 is 5.97 Å². The van der Waals surface area contributed by atoms with Crippen molar-refractivity contribution < 1.29 is 14.9 Å². The number of hydrogen-bond acceptors (Lipinski definition) is 3. The number of carboxylic acid groups (broad SMARTS) is 1. The highest BCUT2D eigenvalue weighted by molar-refractivity contribution is 9.10. The van der Waals surface area contributed by atoms with Crippen LogP contribution in [0.5, 0.6) is 0 Å². The molecule has 1 radical (unpaired) electrons. The van der Waals surface area contributed by atoms with E-state index >= 15 is 0 Å². The Balaban J connectivity index is 0. The minimum absolute atomic E-state index is 0.209. The Morgan fingerprint density at radius 2 is 1.76 bits per heavy atom. The van der Waals surface area contributed by atoms with Gasteiger partial charge in [0, 0.05) is 4.47 Å². The van der Waals surface area contributed by atoms with Gasteiger partial charge in [0.15, 0.2) is 0 Å². The molecule has 2 unspecified atom stereocenters. The van der Waals surface area contributed by atoms with Gasteiger partial charge in [0.05, 0.1) is 0 Å². The number of carbonyl (C=O) groups is 1. The standard InChI is InChI=1S/C12H25BNO3.C11H13Br.C3H8.C2H6/c1-3-6-10(7-4-2)11(12(15)16)14-9-5-8-13-17;1-8-4-2-6-10-9(8)5-3-7-11(10)12;1-3-2;1-2/h10-11,14,17H,3-9H2,1-2H3,(H,15,16);3,5,7-8H,2,4,6H2,1H3;3H2,1-2H3;1-2H3. The summed E-state index contributed by atoms with van der Waals surface area (Å²) in [5.74, 6) is 0.205. The van der Waals surface area contributed by atoms with E-state index in [0.29, 0.717) is 12.9 Å². The van der Waals surface area contributed by atoms with Crippen molar-refractivity contribution in [2.45, 2.75) is 125 Å². The molecule has 3 N–H and O–H groups in total. The summed E-state index contributed by atoms with van der Waals surface area (Å²) in [6.07, 6.45) is 10.5. The third kappa shape index (κ3) is 15.2. The number of hydrogen-bond donors (Lipinski definition) is 3. The van der Waals surface area contributed by atoms with E-state index in [-0.39, 0.29) is 5.92 Å². The Bertz CT molecular complexity index is 609.